The van der Waals surface area contributed by atoms with Crippen LogP contribution in [-0.4, -0.2) is 54.5 Å². The molecule has 0 aliphatic rings. The zero-order valence-corrected chi connectivity index (χ0v) is 13.5. The molecular weight excluding hydrogens is 356 g/mol. The van der Waals surface area contributed by atoms with Gasteiger partial charge in [-0.25, -0.2) is 0 Å². The lowest BCUT2D eigenvalue weighted by atomic mass is 10.2. The van der Waals surface area contributed by atoms with Crippen LogP contribution in [0.4, 0.5) is 5.69 Å². The number of carboxylic acid groups (broad SMARTS) is 1. The van der Waals surface area contributed by atoms with Crippen LogP contribution in [0, 0.1) is 0 Å². The van der Waals surface area contributed by atoms with E-state index in [4.69, 9.17) is 14.9 Å². The van der Waals surface area contributed by atoms with Crippen LogP contribution >= 0.6 is 15.9 Å². The van der Waals surface area contributed by atoms with Gasteiger partial charge in [0.2, 0.25) is 5.91 Å². The molecule has 1 atom stereocenters. The van der Waals surface area contributed by atoms with E-state index in [-0.39, 0.29) is 32.8 Å². The fourth-order valence-corrected chi connectivity index (χ4v) is 1.91. The van der Waals surface area contributed by atoms with E-state index in [1.807, 2.05) is 0 Å². The van der Waals surface area contributed by atoms with Crippen molar-refractivity contribution in [1.82, 2.24) is 5.32 Å². The summed E-state index contributed by atoms with van der Waals surface area (Å²) >= 11 is 3.29. The lowest BCUT2D eigenvalue weighted by molar-refractivity contribution is -0.141. The highest BCUT2D eigenvalue weighted by Crippen LogP contribution is 2.14. The average molecular weight is 375 g/mol. The van der Waals surface area contributed by atoms with Crippen molar-refractivity contribution in [1.29, 1.82) is 0 Å². The third-order valence-electron chi connectivity index (χ3n) is 2.69. The molecule has 0 aromatic heterocycles. The molecule has 0 saturated heterocycles. The number of anilines is 1. The lowest BCUT2D eigenvalue weighted by Gasteiger charge is -2.14. The fraction of sp³-hybridized carbons (Fsp3) is 0.429. The Morgan fingerprint density at radius 1 is 1.23 bits per heavy atom. The molecule has 4 N–H and O–H groups in total. The summed E-state index contributed by atoms with van der Waals surface area (Å²) in [6.45, 7) is 0.655. The van der Waals surface area contributed by atoms with Crippen LogP contribution in [0.2, 0.25) is 0 Å². The number of rotatable bonds is 10. The Hall–Kier alpha value is -1.48. The number of aliphatic hydroxyl groups is 1. The number of halogens is 1. The molecular formula is C14H19BrN2O5. The molecule has 22 heavy (non-hydrogen) atoms. The zero-order valence-electron chi connectivity index (χ0n) is 11.9. The number of benzene rings is 1. The number of hydrogen-bond acceptors (Lipinski definition) is 5. The third-order valence-corrected chi connectivity index (χ3v) is 3.22. The molecule has 7 nitrogen and oxygen atoms in total. The van der Waals surface area contributed by atoms with Gasteiger partial charge in [0, 0.05) is 16.7 Å². The van der Waals surface area contributed by atoms with E-state index in [1.165, 1.54) is 0 Å². The van der Waals surface area contributed by atoms with Crippen LogP contribution in [0.3, 0.4) is 0 Å². The molecule has 0 aliphatic carbocycles. The second-order valence-corrected chi connectivity index (χ2v) is 5.36. The summed E-state index contributed by atoms with van der Waals surface area (Å²) in [5.74, 6) is -1.49. The standard InChI is InChI=1S/C14H19BrN2O5/c15-10-1-3-11(4-2-10)17-13(19)9-12(14(20)21)16-5-7-22-8-6-18/h1-4,12,16,18H,5-9H2,(H,17,19)(H,20,21)/t12-/m1/s1. The van der Waals surface area contributed by atoms with E-state index >= 15 is 0 Å². The molecule has 0 aliphatic heterocycles. The second-order valence-electron chi connectivity index (χ2n) is 4.44. The van der Waals surface area contributed by atoms with Gasteiger partial charge in [-0.3, -0.25) is 9.59 Å². The number of hydrogen-bond donors (Lipinski definition) is 4. The monoisotopic (exact) mass is 374 g/mol. The highest BCUT2D eigenvalue weighted by atomic mass is 79.9. The van der Waals surface area contributed by atoms with Crippen LogP contribution in [0.1, 0.15) is 6.42 Å². The lowest BCUT2D eigenvalue weighted by Crippen LogP contribution is -2.41. The first-order chi connectivity index (χ1) is 10.5. The number of amides is 1. The van der Waals surface area contributed by atoms with Crippen molar-refractivity contribution in [2.75, 3.05) is 31.7 Å². The summed E-state index contributed by atoms with van der Waals surface area (Å²) < 4.78 is 5.90. The number of ether oxygens (including phenoxy) is 1. The van der Waals surface area contributed by atoms with Crippen LogP contribution in [0.25, 0.3) is 0 Å². The largest absolute Gasteiger partial charge is 0.480 e. The quantitative estimate of drug-likeness (QED) is 0.451. The molecule has 1 rings (SSSR count). The smallest absolute Gasteiger partial charge is 0.321 e. The van der Waals surface area contributed by atoms with Crippen molar-refractivity contribution in [2.45, 2.75) is 12.5 Å². The van der Waals surface area contributed by atoms with E-state index in [0.29, 0.717) is 5.69 Å². The Kier molecular flexibility index (Phi) is 8.68. The summed E-state index contributed by atoms with van der Waals surface area (Å²) in [5.41, 5.74) is 0.601. The molecule has 1 aromatic rings. The molecule has 0 bridgehead atoms. The summed E-state index contributed by atoms with van der Waals surface area (Å²) in [4.78, 5) is 23.0. The Morgan fingerprint density at radius 2 is 1.91 bits per heavy atom. The van der Waals surface area contributed by atoms with Gasteiger partial charge in [0.25, 0.3) is 0 Å². The summed E-state index contributed by atoms with van der Waals surface area (Å²) in [6, 6.07) is 6.00. The normalized spacial score (nSPS) is 11.9. The molecule has 0 fully saturated rings. The number of carbonyl (C=O) groups is 2. The van der Waals surface area contributed by atoms with Gasteiger partial charge in [-0.15, -0.1) is 0 Å². The molecule has 0 saturated carbocycles. The third kappa shape index (κ3) is 7.51. The molecule has 1 aromatic carbocycles. The maximum absolute atomic E-state index is 11.9. The predicted molar refractivity (Wildman–Crippen MR) is 84.7 cm³/mol. The van der Waals surface area contributed by atoms with Crippen molar-refractivity contribution in [3.8, 4) is 0 Å². The number of nitrogens with one attached hydrogen (secondary N) is 2. The minimum Gasteiger partial charge on any atom is -0.480 e. The maximum Gasteiger partial charge on any atom is 0.321 e. The minimum atomic E-state index is -1.10. The van der Waals surface area contributed by atoms with Gasteiger partial charge in [-0.1, -0.05) is 15.9 Å². The first-order valence-electron chi connectivity index (χ1n) is 6.73. The molecule has 1 amide bonds. The first kappa shape index (κ1) is 18.6. The van der Waals surface area contributed by atoms with E-state index in [9.17, 15) is 9.59 Å². The summed E-state index contributed by atoms with van der Waals surface area (Å²) in [7, 11) is 0. The Balaban J connectivity index is 2.39. The second kappa shape index (κ2) is 10.3. The van der Waals surface area contributed by atoms with Gasteiger partial charge in [-0.05, 0) is 24.3 Å². The molecule has 0 unspecified atom stereocenters. The SMILES string of the molecule is O=C(C[C@@H](NCCOCCO)C(=O)O)Nc1ccc(Br)cc1. The number of carboxylic acids is 1. The van der Waals surface area contributed by atoms with Crippen molar-refractivity contribution in [3.63, 3.8) is 0 Å². The highest BCUT2D eigenvalue weighted by Gasteiger charge is 2.20. The van der Waals surface area contributed by atoms with E-state index in [2.05, 4.69) is 26.6 Å². The van der Waals surface area contributed by atoms with E-state index < -0.39 is 17.9 Å². The van der Waals surface area contributed by atoms with Crippen LogP contribution < -0.4 is 10.6 Å². The Morgan fingerprint density at radius 3 is 2.50 bits per heavy atom. The van der Waals surface area contributed by atoms with Crippen LogP contribution in [0.5, 0.6) is 0 Å². The summed E-state index contributed by atoms with van der Waals surface area (Å²) in [6.07, 6.45) is -0.189. The van der Waals surface area contributed by atoms with Crippen molar-refractivity contribution < 1.29 is 24.5 Å². The van der Waals surface area contributed by atoms with Crippen molar-refractivity contribution in [2.24, 2.45) is 0 Å². The van der Waals surface area contributed by atoms with E-state index in [1.54, 1.807) is 24.3 Å². The Labute approximate surface area is 136 Å². The van der Waals surface area contributed by atoms with Gasteiger partial charge in [0.15, 0.2) is 0 Å². The number of carbonyl (C=O) groups excluding carboxylic acids is 1. The predicted octanol–water partition coefficient (Wildman–Crippen LogP) is 0.829. The molecule has 0 spiro atoms. The topological polar surface area (TPSA) is 108 Å². The number of aliphatic carboxylic acids is 1. The van der Waals surface area contributed by atoms with Gasteiger partial charge in [0.05, 0.1) is 26.2 Å². The fourth-order valence-electron chi connectivity index (χ4n) is 1.65. The zero-order chi connectivity index (χ0) is 16.4. The molecule has 0 radical (unpaired) electrons. The summed E-state index contributed by atoms with van der Waals surface area (Å²) in [5, 5.41) is 23.0. The van der Waals surface area contributed by atoms with Gasteiger partial charge in [0.1, 0.15) is 6.04 Å². The Bertz CT molecular complexity index is 481. The maximum atomic E-state index is 11.9. The van der Waals surface area contributed by atoms with Gasteiger partial charge in [-0.2, -0.15) is 0 Å². The van der Waals surface area contributed by atoms with Crippen molar-refractivity contribution >= 4 is 33.5 Å². The van der Waals surface area contributed by atoms with Gasteiger partial charge >= 0.3 is 5.97 Å². The number of aliphatic hydroxyl groups excluding tert-OH is 1. The van der Waals surface area contributed by atoms with Crippen LogP contribution in [-0.2, 0) is 14.3 Å². The van der Waals surface area contributed by atoms with Crippen molar-refractivity contribution in [3.05, 3.63) is 28.7 Å². The molecule has 8 heteroatoms. The first-order valence-corrected chi connectivity index (χ1v) is 7.52. The van der Waals surface area contributed by atoms with Crippen LogP contribution in [0.15, 0.2) is 28.7 Å². The van der Waals surface area contributed by atoms with E-state index in [0.717, 1.165) is 4.47 Å². The highest BCUT2D eigenvalue weighted by molar-refractivity contribution is 9.10. The average Bonchev–Trinajstić information content (AvgIpc) is 2.48. The minimum absolute atomic E-state index is 0.0854. The molecule has 122 valence electrons. The van der Waals surface area contributed by atoms with Gasteiger partial charge < -0.3 is 25.6 Å². The molecule has 0 heterocycles.